The number of aromatic amines is 1. The van der Waals surface area contributed by atoms with Crippen molar-refractivity contribution in [3.8, 4) is 0 Å². The van der Waals surface area contributed by atoms with E-state index >= 15 is 0 Å². The fourth-order valence-electron chi connectivity index (χ4n) is 1.71. The minimum absolute atomic E-state index is 0.295. The van der Waals surface area contributed by atoms with Gasteiger partial charge in [0.2, 0.25) is 0 Å². The van der Waals surface area contributed by atoms with Crippen molar-refractivity contribution in [2.45, 2.75) is 12.5 Å². The fourth-order valence-corrected chi connectivity index (χ4v) is 1.71. The number of H-pyrrole nitrogens is 1. The third kappa shape index (κ3) is 2.82. The van der Waals surface area contributed by atoms with Crippen molar-refractivity contribution >= 4 is 22.5 Å². The SMILES string of the molecule is Nc1ccc2[nH]cc(C(=O)NCC(O)C(F)F)c2c1. The number of nitrogen functional groups attached to an aromatic ring is 1. The van der Waals surface area contributed by atoms with Crippen LogP contribution in [-0.2, 0) is 0 Å². The maximum absolute atomic E-state index is 12.1. The van der Waals surface area contributed by atoms with Crippen LogP contribution >= 0.6 is 0 Å². The number of hydrogen-bond acceptors (Lipinski definition) is 3. The standard InChI is InChI=1S/C12H13F2N3O2/c13-11(14)10(18)5-17-12(19)8-4-16-9-2-1-6(15)3-7(8)9/h1-4,10-11,16,18H,5,15H2,(H,17,19). The van der Waals surface area contributed by atoms with Gasteiger partial charge in [-0.05, 0) is 18.2 Å². The minimum Gasteiger partial charge on any atom is -0.399 e. The smallest absolute Gasteiger partial charge is 0.265 e. The maximum atomic E-state index is 12.1. The van der Waals surface area contributed by atoms with Gasteiger partial charge in [0.1, 0.15) is 6.10 Å². The molecule has 0 radical (unpaired) electrons. The normalized spacial score (nSPS) is 12.8. The quantitative estimate of drug-likeness (QED) is 0.626. The van der Waals surface area contributed by atoms with Gasteiger partial charge in [0.05, 0.1) is 5.56 Å². The summed E-state index contributed by atoms with van der Waals surface area (Å²) in [6.45, 7) is -0.508. The molecule has 5 N–H and O–H groups in total. The van der Waals surface area contributed by atoms with Crippen molar-refractivity contribution in [3.63, 3.8) is 0 Å². The number of nitrogens with one attached hydrogen (secondary N) is 2. The van der Waals surface area contributed by atoms with E-state index in [-0.39, 0.29) is 0 Å². The number of halogens is 2. The number of alkyl halides is 2. The predicted molar refractivity (Wildman–Crippen MR) is 67.1 cm³/mol. The number of nitrogens with two attached hydrogens (primary N) is 1. The van der Waals surface area contributed by atoms with Crippen molar-refractivity contribution in [3.05, 3.63) is 30.0 Å². The maximum Gasteiger partial charge on any atom is 0.265 e. The molecule has 0 aliphatic carbocycles. The third-order valence-corrected chi connectivity index (χ3v) is 2.71. The molecule has 1 heterocycles. The molecule has 1 unspecified atom stereocenters. The first-order chi connectivity index (χ1) is 8.99. The number of carbonyl (C=O) groups is 1. The molecule has 0 saturated heterocycles. The van der Waals surface area contributed by atoms with Gasteiger partial charge in [-0.2, -0.15) is 0 Å². The summed E-state index contributed by atoms with van der Waals surface area (Å²) in [7, 11) is 0. The summed E-state index contributed by atoms with van der Waals surface area (Å²) in [5, 5.41) is 11.8. The van der Waals surface area contributed by atoms with Gasteiger partial charge in [-0.3, -0.25) is 4.79 Å². The molecule has 0 aliphatic heterocycles. The van der Waals surface area contributed by atoms with Crippen molar-refractivity contribution < 1.29 is 18.7 Å². The number of benzene rings is 1. The molecule has 1 atom stereocenters. The number of anilines is 1. The first-order valence-corrected chi connectivity index (χ1v) is 5.60. The summed E-state index contributed by atoms with van der Waals surface area (Å²) in [4.78, 5) is 14.7. The molecule has 1 amide bonds. The molecule has 2 aromatic rings. The van der Waals surface area contributed by atoms with E-state index < -0.39 is 25.0 Å². The van der Waals surface area contributed by atoms with Crippen LogP contribution in [0.4, 0.5) is 14.5 Å². The molecule has 19 heavy (non-hydrogen) atoms. The average Bonchev–Trinajstić information content (AvgIpc) is 2.78. The highest BCUT2D eigenvalue weighted by molar-refractivity contribution is 6.07. The van der Waals surface area contributed by atoms with Gasteiger partial charge in [0.15, 0.2) is 0 Å². The molecule has 1 aromatic carbocycles. The van der Waals surface area contributed by atoms with Crippen LogP contribution in [0.3, 0.4) is 0 Å². The Morgan fingerprint density at radius 1 is 1.47 bits per heavy atom. The minimum atomic E-state index is -2.89. The van der Waals surface area contributed by atoms with Crippen molar-refractivity contribution in [2.24, 2.45) is 0 Å². The highest BCUT2D eigenvalue weighted by atomic mass is 19.3. The number of carbonyl (C=O) groups excluding carboxylic acids is 1. The van der Waals surface area contributed by atoms with Crippen LogP contribution in [0.2, 0.25) is 0 Å². The average molecular weight is 269 g/mol. The summed E-state index contributed by atoms with van der Waals surface area (Å²) in [6, 6.07) is 5.01. The number of aromatic nitrogens is 1. The summed E-state index contributed by atoms with van der Waals surface area (Å²) in [5.74, 6) is -0.545. The van der Waals surface area contributed by atoms with Crippen LogP contribution in [0, 0.1) is 0 Å². The Bertz CT molecular complexity index is 598. The van der Waals surface area contributed by atoms with Crippen LogP contribution in [0.25, 0.3) is 10.9 Å². The molecule has 0 saturated carbocycles. The van der Waals surface area contributed by atoms with Crippen LogP contribution in [0.1, 0.15) is 10.4 Å². The summed E-state index contributed by atoms with van der Waals surface area (Å²) < 4.78 is 24.2. The summed E-state index contributed by atoms with van der Waals surface area (Å²) in [6.07, 6.45) is -3.30. The Labute approximate surface area is 107 Å². The first-order valence-electron chi connectivity index (χ1n) is 5.60. The zero-order chi connectivity index (χ0) is 14.0. The zero-order valence-corrected chi connectivity index (χ0v) is 9.86. The topological polar surface area (TPSA) is 91.1 Å². The molecule has 0 spiro atoms. The number of amides is 1. The molecular formula is C12H13F2N3O2. The Hall–Kier alpha value is -2.15. The Morgan fingerprint density at radius 2 is 2.21 bits per heavy atom. The summed E-state index contributed by atoms with van der Waals surface area (Å²) >= 11 is 0. The first kappa shape index (κ1) is 13.3. The van der Waals surface area contributed by atoms with Gasteiger partial charge in [0, 0.05) is 29.3 Å². The third-order valence-electron chi connectivity index (χ3n) is 2.71. The highest BCUT2D eigenvalue weighted by Gasteiger charge is 2.19. The predicted octanol–water partition coefficient (Wildman–Crippen LogP) is 1.11. The summed E-state index contributed by atoms with van der Waals surface area (Å²) in [5.41, 5.74) is 7.14. The van der Waals surface area contributed by atoms with Gasteiger partial charge in [-0.15, -0.1) is 0 Å². The van der Waals surface area contributed by atoms with Gasteiger partial charge < -0.3 is 21.1 Å². The Balaban J connectivity index is 2.15. The monoisotopic (exact) mass is 269 g/mol. The van der Waals surface area contributed by atoms with E-state index in [1.807, 2.05) is 0 Å². The van der Waals surface area contributed by atoms with Crippen LogP contribution in [-0.4, -0.2) is 35.1 Å². The Morgan fingerprint density at radius 3 is 2.89 bits per heavy atom. The largest absolute Gasteiger partial charge is 0.399 e. The van der Waals surface area contributed by atoms with Gasteiger partial charge in [-0.1, -0.05) is 0 Å². The molecule has 0 bridgehead atoms. The fraction of sp³-hybridized carbons (Fsp3) is 0.250. The molecule has 1 aromatic heterocycles. The lowest BCUT2D eigenvalue weighted by atomic mass is 10.1. The van der Waals surface area contributed by atoms with Gasteiger partial charge in [-0.25, -0.2) is 8.78 Å². The molecule has 102 valence electrons. The number of aliphatic hydroxyl groups is 1. The molecule has 0 fully saturated rings. The van der Waals surface area contributed by atoms with Crippen molar-refractivity contribution in [1.29, 1.82) is 0 Å². The van der Waals surface area contributed by atoms with Crippen molar-refractivity contribution in [1.82, 2.24) is 10.3 Å². The second-order valence-electron chi connectivity index (χ2n) is 4.12. The van der Waals surface area contributed by atoms with E-state index in [2.05, 4.69) is 10.3 Å². The lowest BCUT2D eigenvalue weighted by Crippen LogP contribution is -2.35. The van der Waals surface area contributed by atoms with Crippen LogP contribution in [0.15, 0.2) is 24.4 Å². The van der Waals surface area contributed by atoms with E-state index in [4.69, 9.17) is 10.8 Å². The molecule has 5 nitrogen and oxygen atoms in total. The molecule has 2 rings (SSSR count). The van der Waals surface area contributed by atoms with Gasteiger partial charge in [0.25, 0.3) is 12.3 Å². The lowest BCUT2D eigenvalue weighted by Gasteiger charge is -2.10. The van der Waals surface area contributed by atoms with E-state index in [0.29, 0.717) is 22.2 Å². The second-order valence-corrected chi connectivity index (χ2v) is 4.12. The van der Waals surface area contributed by atoms with Crippen LogP contribution in [0.5, 0.6) is 0 Å². The van der Waals surface area contributed by atoms with Crippen molar-refractivity contribution in [2.75, 3.05) is 12.3 Å². The second kappa shape index (κ2) is 5.23. The molecule has 7 heteroatoms. The number of hydrogen-bond donors (Lipinski definition) is 4. The molecule has 0 aliphatic rings. The zero-order valence-electron chi connectivity index (χ0n) is 9.86. The van der Waals surface area contributed by atoms with E-state index in [1.165, 1.54) is 6.20 Å². The number of aliphatic hydroxyl groups excluding tert-OH is 1. The van der Waals surface area contributed by atoms with Crippen LogP contribution < -0.4 is 11.1 Å². The Kier molecular flexibility index (Phi) is 3.66. The number of fused-ring (bicyclic) bond motifs is 1. The molecular weight excluding hydrogens is 256 g/mol. The lowest BCUT2D eigenvalue weighted by molar-refractivity contribution is -0.00269. The van der Waals surface area contributed by atoms with E-state index in [0.717, 1.165) is 0 Å². The van der Waals surface area contributed by atoms with E-state index in [1.54, 1.807) is 18.2 Å². The van der Waals surface area contributed by atoms with Gasteiger partial charge >= 0.3 is 0 Å². The number of rotatable bonds is 4. The van der Waals surface area contributed by atoms with E-state index in [9.17, 15) is 13.6 Å². The highest BCUT2D eigenvalue weighted by Crippen LogP contribution is 2.20.